The molecular weight excluding hydrogens is 198 g/mol. The number of hydrogen-bond donors (Lipinski definition) is 1. The van der Waals surface area contributed by atoms with E-state index in [2.05, 4.69) is 26.1 Å². The maximum atomic E-state index is 5.28. The van der Waals surface area contributed by atoms with Gasteiger partial charge in [-0.15, -0.1) is 0 Å². The van der Waals surface area contributed by atoms with Gasteiger partial charge in [0.05, 0.1) is 0 Å². The molecule has 0 saturated heterocycles. The first kappa shape index (κ1) is 12.4. The fourth-order valence-electron chi connectivity index (χ4n) is 3.21. The quantitative estimate of drug-likeness (QED) is 0.777. The monoisotopic (exact) mass is 225 g/mol. The van der Waals surface area contributed by atoms with E-state index in [1.165, 1.54) is 32.2 Å². The zero-order chi connectivity index (χ0) is 11.8. The van der Waals surface area contributed by atoms with Gasteiger partial charge in [-0.2, -0.15) is 0 Å². The number of fused-ring (bicyclic) bond motifs is 1. The standard InChI is InChI=1S/C14H27NO/c1-13(2,3)15-10-14(5-6-16-4)8-11-7-12(11)9-14/h11-12,15H,5-10H2,1-4H3. The minimum absolute atomic E-state index is 0.243. The SMILES string of the molecule is COCCC1(CNC(C)(C)C)CC2CC2C1. The Balaban J connectivity index is 1.87. The van der Waals surface area contributed by atoms with Crippen molar-refractivity contribution in [3.8, 4) is 0 Å². The van der Waals surface area contributed by atoms with E-state index >= 15 is 0 Å². The highest BCUT2D eigenvalue weighted by molar-refractivity contribution is 5.04. The van der Waals surface area contributed by atoms with Gasteiger partial charge in [-0.1, -0.05) is 0 Å². The Morgan fingerprint density at radius 2 is 1.88 bits per heavy atom. The Morgan fingerprint density at radius 3 is 2.38 bits per heavy atom. The second kappa shape index (κ2) is 4.30. The Bertz CT molecular complexity index is 234. The van der Waals surface area contributed by atoms with Gasteiger partial charge >= 0.3 is 0 Å². The summed E-state index contributed by atoms with van der Waals surface area (Å²) in [6.45, 7) is 8.87. The molecule has 2 nitrogen and oxygen atoms in total. The van der Waals surface area contributed by atoms with E-state index in [4.69, 9.17) is 4.74 Å². The number of ether oxygens (including phenoxy) is 1. The van der Waals surface area contributed by atoms with E-state index in [-0.39, 0.29) is 5.54 Å². The Kier molecular flexibility index (Phi) is 3.33. The molecule has 0 bridgehead atoms. The lowest BCUT2D eigenvalue weighted by molar-refractivity contribution is 0.121. The Labute approximate surface area is 100 Å². The minimum Gasteiger partial charge on any atom is -0.385 e. The molecule has 1 N–H and O–H groups in total. The molecule has 2 atom stereocenters. The lowest BCUT2D eigenvalue weighted by Crippen LogP contribution is -2.44. The van der Waals surface area contributed by atoms with Crippen LogP contribution in [0.15, 0.2) is 0 Å². The maximum absolute atomic E-state index is 5.28. The summed E-state index contributed by atoms with van der Waals surface area (Å²) in [5.41, 5.74) is 0.781. The average molecular weight is 225 g/mol. The van der Waals surface area contributed by atoms with Crippen LogP contribution in [-0.4, -0.2) is 25.8 Å². The van der Waals surface area contributed by atoms with Gasteiger partial charge in [-0.3, -0.25) is 0 Å². The molecule has 0 radical (unpaired) electrons. The Morgan fingerprint density at radius 1 is 1.25 bits per heavy atom. The summed E-state index contributed by atoms with van der Waals surface area (Å²) in [4.78, 5) is 0. The molecule has 0 aromatic carbocycles. The maximum Gasteiger partial charge on any atom is 0.0468 e. The molecule has 16 heavy (non-hydrogen) atoms. The molecule has 0 aromatic heterocycles. The van der Waals surface area contributed by atoms with Gasteiger partial charge in [0.2, 0.25) is 0 Å². The molecule has 2 unspecified atom stereocenters. The van der Waals surface area contributed by atoms with Crippen LogP contribution in [0.25, 0.3) is 0 Å². The second-order valence-corrected chi connectivity index (χ2v) is 7.01. The van der Waals surface area contributed by atoms with Crippen molar-refractivity contribution < 1.29 is 4.74 Å². The van der Waals surface area contributed by atoms with Gasteiger partial charge in [0.25, 0.3) is 0 Å². The fourth-order valence-corrected chi connectivity index (χ4v) is 3.21. The van der Waals surface area contributed by atoms with Crippen molar-refractivity contribution in [2.75, 3.05) is 20.3 Å². The van der Waals surface area contributed by atoms with E-state index < -0.39 is 0 Å². The highest BCUT2D eigenvalue weighted by atomic mass is 16.5. The van der Waals surface area contributed by atoms with Gasteiger partial charge in [-0.05, 0) is 63.7 Å². The first-order chi connectivity index (χ1) is 7.44. The summed E-state index contributed by atoms with van der Waals surface area (Å²) in [6, 6.07) is 0. The van der Waals surface area contributed by atoms with Crippen LogP contribution in [-0.2, 0) is 4.74 Å². The number of methoxy groups -OCH3 is 1. The van der Waals surface area contributed by atoms with Crippen LogP contribution in [0, 0.1) is 17.3 Å². The predicted molar refractivity (Wildman–Crippen MR) is 67.5 cm³/mol. The molecular formula is C14H27NO. The van der Waals surface area contributed by atoms with Crippen LogP contribution in [0.4, 0.5) is 0 Å². The lowest BCUT2D eigenvalue weighted by Gasteiger charge is -2.34. The zero-order valence-electron chi connectivity index (χ0n) is 11.3. The van der Waals surface area contributed by atoms with Crippen molar-refractivity contribution in [3.05, 3.63) is 0 Å². The minimum atomic E-state index is 0.243. The summed E-state index contributed by atoms with van der Waals surface area (Å²) >= 11 is 0. The van der Waals surface area contributed by atoms with E-state index in [9.17, 15) is 0 Å². The zero-order valence-corrected chi connectivity index (χ0v) is 11.3. The van der Waals surface area contributed by atoms with Crippen molar-refractivity contribution in [2.24, 2.45) is 17.3 Å². The highest BCUT2D eigenvalue weighted by Crippen LogP contribution is 2.60. The summed E-state index contributed by atoms with van der Waals surface area (Å²) < 4.78 is 5.28. The summed E-state index contributed by atoms with van der Waals surface area (Å²) in [7, 11) is 1.82. The van der Waals surface area contributed by atoms with E-state index in [1.54, 1.807) is 0 Å². The molecule has 0 amide bonds. The van der Waals surface area contributed by atoms with Gasteiger partial charge in [0.1, 0.15) is 0 Å². The van der Waals surface area contributed by atoms with Crippen LogP contribution in [0.1, 0.15) is 46.5 Å². The summed E-state index contributed by atoms with van der Waals surface area (Å²) in [5.74, 6) is 2.11. The molecule has 2 aliphatic carbocycles. The van der Waals surface area contributed by atoms with Gasteiger partial charge < -0.3 is 10.1 Å². The fraction of sp³-hybridized carbons (Fsp3) is 1.00. The third kappa shape index (κ3) is 2.98. The van der Waals surface area contributed by atoms with Gasteiger partial charge in [0, 0.05) is 25.8 Å². The van der Waals surface area contributed by atoms with Gasteiger partial charge in [0.15, 0.2) is 0 Å². The molecule has 2 saturated carbocycles. The molecule has 0 aromatic rings. The predicted octanol–water partition coefficient (Wildman–Crippen LogP) is 2.83. The molecule has 94 valence electrons. The van der Waals surface area contributed by atoms with Crippen LogP contribution in [0.3, 0.4) is 0 Å². The first-order valence-corrected chi connectivity index (χ1v) is 6.68. The smallest absolute Gasteiger partial charge is 0.0468 e. The Hall–Kier alpha value is -0.0800. The second-order valence-electron chi connectivity index (χ2n) is 7.01. The van der Waals surface area contributed by atoms with Crippen LogP contribution in [0.2, 0.25) is 0 Å². The largest absolute Gasteiger partial charge is 0.385 e. The van der Waals surface area contributed by atoms with E-state index in [1.807, 2.05) is 7.11 Å². The number of nitrogens with one attached hydrogen (secondary N) is 1. The number of hydrogen-bond acceptors (Lipinski definition) is 2. The number of rotatable bonds is 5. The molecule has 2 heteroatoms. The highest BCUT2D eigenvalue weighted by Gasteiger charge is 2.53. The molecule has 0 spiro atoms. The lowest BCUT2D eigenvalue weighted by atomic mass is 9.79. The van der Waals surface area contributed by atoms with Crippen LogP contribution >= 0.6 is 0 Å². The van der Waals surface area contributed by atoms with E-state index in [0.29, 0.717) is 5.41 Å². The molecule has 2 fully saturated rings. The molecule has 2 aliphatic rings. The van der Waals surface area contributed by atoms with Crippen LogP contribution < -0.4 is 5.32 Å². The first-order valence-electron chi connectivity index (χ1n) is 6.68. The average Bonchev–Trinajstić information content (AvgIpc) is 2.81. The van der Waals surface area contributed by atoms with Crippen molar-refractivity contribution in [1.82, 2.24) is 5.32 Å². The topological polar surface area (TPSA) is 21.3 Å². The molecule has 0 heterocycles. The van der Waals surface area contributed by atoms with Crippen molar-refractivity contribution in [1.29, 1.82) is 0 Å². The molecule has 0 aliphatic heterocycles. The van der Waals surface area contributed by atoms with Crippen LogP contribution in [0.5, 0.6) is 0 Å². The third-order valence-corrected chi connectivity index (χ3v) is 4.29. The van der Waals surface area contributed by atoms with Crippen molar-refractivity contribution >= 4 is 0 Å². The van der Waals surface area contributed by atoms with Crippen molar-refractivity contribution in [3.63, 3.8) is 0 Å². The van der Waals surface area contributed by atoms with Gasteiger partial charge in [-0.25, -0.2) is 0 Å². The molecule has 2 rings (SSSR count). The normalized spacial score (nSPS) is 37.5. The van der Waals surface area contributed by atoms with Crippen molar-refractivity contribution in [2.45, 2.75) is 52.0 Å². The summed E-state index contributed by atoms with van der Waals surface area (Å²) in [5, 5.41) is 3.70. The van der Waals surface area contributed by atoms with E-state index in [0.717, 1.165) is 18.4 Å². The third-order valence-electron chi connectivity index (χ3n) is 4.29. The summed E-state index contributed by atoms with van der Waals surface area (Å²) in [6.07, 6.45) is 5.61.